The first-order chi connectivity index (χ1) is 10.5. The van der Waals surface area contributed by atoms with Gasteiger partial charge >= 0.3 is 0 Å². The zero-order chi connectivity index (χ0) is 16.1. The molecular formula is C17H32N2O3. The molecule has 2 aliphatic rings. The predicted molar refractivity (Wildman–Crippen MR) is 86.5 cm³/mol. The van der Waals surface area contributed by atoms with Crippen molar-refractivity contribution in [2.24, 2.45) is 17.8 Å². The Hall–Kier alpha value is -0.650. The van der Waals surface area contributed by atoms with Crippen molar-refractivity contribution in [3.05, 3.63) is 0 Å². The van der Waals surface area contributed by atoms with Crippen molar-refractivity contribution in [3.8, 4) is 0 Å². The van der Waals surface area contributed by atoms with E-state index in [0.29, 0.717) is 13.2 Å². The van der Waals surface area contributed by atoms with Crippen LogP contribution in [-0.2, 0) is 9.53 Å². The summed E-state index contributed by atoms with van der Waals surface area (Å²) in [6.45, 7) is 11.0. The van der Waals surface area contributed by atoms with Gasteiger partial charge in [-0.15, -0.1) is 0 Å². The normalized spacial score (nSPS) is 30.7. The molecule has 0 radical (unpaired) electrons. The first-order valence-corrected chi connectivity index (χ1v) is 8.74. The van der Waals surface area contributed by atoms with E-state index in [4.69, 9.17) is 4.74 Å². The number of piperidine rings is 1. The van der Waals surface area contributed by atoms with E-state index >= 15 is 0 Å². The van der Waals surface area contributed by atoms with E-state index in [-0.39, 0.29) is 17.9 Å². The van der Waals surface area contributed by atoms with Crippen LogP contribution in [0, 0.1) is 17.8 Å². The maximum absolute atomic E-state index is 12.2. The van der Waals surface area contributed by atoms with Crippen molar-refractivity contribution in [1.29, 1.82) is 0 Å². The lowest BCUT2D eigenvalue weighted by atomic mass is 9.91. The van der Waals surface area contributed by atoms with Crippen LogP contribution >= 0.6 is 0 Å². The highest BCUT2D eigenvalue weighted by Gasteiger charge is 2.29. The molecule has 2 saturated heterocycles. The van der Waals surface area contributed by atoms with Crippen LogP contribution in [0.1, 0.15) is 40.0 Å². The van der Waals surface area contributed by atoms with Gasteiger partial charge in [0.2, 0.25) is 5.91 Å². The molecule has 0 aromatic heterocycles. The fraction of sp³-hybridized carbons (Fsp3) is 0.941. The molecule has 2 rings (SSSR count). The van der Waals surface area contributed by atoms with E-state index in [1.807, 2.05) is 6.92 Å². The first kappa shape index (κ1) is 17.7. The standard InChI is InChI=1S/C17H32N2O3/c1-12-8-13(2)10-19(9-12)11-14(3)18-17(21)16(20)15-4-6-22-7-5-15/h12-16,20H,4-11H2,1-3H3,(H,18,21)/t12-,13+,14-,16-/m1/s1. The molecule has 2 N–H and O–H groups in total. The van der Waals surface area contributed by atoms with Crippen LogP contribution in [0.2, 0.25) is 0 Å². The lowest BCUT2D eigenvalue weighted by Crippen LogP contribution is -2.50. The Balaban J connectivity index is 1.75. The largest absolute Gasteiger partial charge is 0.383 e. The van der Waals surface area contributed by atoms with E-state index in [9.17, 15) is 9.90 Å². The van der Waals surface area contributed by atoms with E-state index in [2.05, 4.69) is 24.1 Å². The highest BCUT2D eigenvalue weighted by molar-refractivity contribution is 5.81. The zero-order valence-corrected chi connectivity index (χ0v) is 14.3. The third-order valence-electron chi connectivity index (χ3n) is 4.85. The van der Waals surface area contributed by atoms with Crippen LogP contribution in [0.5, 0.6) is 0 Å². The van der Waals surface area contributed by atoms with Gasteiger partial charge in [-0.2, -0.15) is 0 Å². The van der Waals surface area contributed by atoms with E-state index in [0.717, 1.165) is 44.3 Å². The SMILES string of the molecule is C[C@@H]1C[C@H](C)CN(C[C@@H](C)NC(=O)[C@H](O)C2CCOCC2)C1. The van der Waals surface area contributed by atoms with Crippen molar-refractivity contribution in [2.45, 2.75) is 52.2 Å². The number of hydrogen-bond acceptors (Lipinski definition) is 4. The fourth-order valence-corrected chi connectivity index (χ4v) is 3.95. The molecule has 0 unspecified atom stereocenters. The molecule has 0 bridgehead atoms. The quantitative estimate of drug-likeness (QED) is 0.802. The number of nitrogens with one attached hydrogen (secondary N) is 1. The second-order valence-electron chi connectivity index (χ2n) is 7.47. The summed E-state index contributed by atoms with van der Waals surface area (Å²) in [6, 6.07) is 0.0690. The summed E-state index contributed by atoms with van der Waals surface area (Å²) in [6.07, 6.45) is 1.93. The lowest BCUT2D eigenvalue weighted by Gasteiger charge is -2.36. The lowest BCUT2D eigenvalue weighted by molar-refractivity contribution is -0.134. The molecule has 1 amide bonds. The molecule has 0 saturated carbocycles. The number of nitrogens with zero attached hydrogens (tertiary/aromatic N) is 1. The van der Waals surface area contributed by atoms with Crippen LogP contribution < -0.4 is 5.32 Å². The van der Waals surface area contributed by atoms with Gasteiger partial charge in [-0.3, -0.25) is 4.79 Å². The van der Waals surface area contributed by atoms with Gasteiger partial charge in [-0.1, -0.05) is 13.8 Å². The minimum atomic E-state index is -0.898. The van der Waals surface area contributed by atoms with Gasteiger partial charge in [-0.25, -0.2) is 0 Å². The van der Waals surface area contributed by atoms with E-state index in [1.54, 1.807) is 0 Å². The van der Waals surface area contributed by atoms with Crippen LogP contribution in [0.25, 0.3) is 0 Å². The summed E-state index contributed by atoms with van der Waals surface area (Å²) in [5.74, 6) is 1.26. The highest BCUT2D eigenvalue weighted by atomic mass is 16.5. The number of amides is 1. The maximum Gasteiger partial charge on any atom is 0.249 e. The number of hydrogen-bond donors (Lipinski definition) is 2. The second-order valence-corrected chi connectivity index (χ2v) is 7.47. The van der Waals surface area contributed by atoms with Crippen molar-refractivity contribution >= 4 is 5.91 Å². The predicted octanol–water partition coefficient (Wildman–Crippen LogP) is 1.26. The van der Waals surface area contributed by atoms with Gasteiger partial charge < -0.3 is 20.1 Å². The number of ether oxygens (including phenoxy) is 1. The molecule has 2 fully saturated rings. The average Bonchev–Trinajstić information content (AvgIpc) is 2.46. The molecule has 0 aliphatic carbocycles. The summed E-state index contributed by atoms with van der Waals surface area (Å²) in [7, 11) is 0. The van der Waals surface area contributed by atoms with Gasteiger partial charge in [0.15, 0.2) is 0 Å². The number of aliphatic hydroxyl groups is 1. The van der Waals surface area contributed by atoms with Crippen LogP contribution in [0.4, 0.5) is 0 Å². The molecule has 4 atom stereocenters. The van der Waals surface area contributed by atoms with Crippen molar-refractivity contribution < 1.29 is 14.6 Å². The number of carbonyl (C=O) groups excluding carboxylic acids is 1. The number of aliphatic hydroxyl groups excluding tert-OH is 1. The molecule has 2 heterocycles. The fourth-order valence-electron chi connectivity index (χ4n) is 3.95. The van der Waals surface area contributed by atoms with Crippen LogP contribution in [0.3, 0.4) is 0 Å². The monoisotopic (exact) mass is 312 g/mol. The topological polar surface area (TPSA) is 61.8 Å². The summed E-state index contributed by atoms with van der Waals surface area (Å²) in [5.41, 5.74) is 0. The molecule has 0 aromatic rings. The Morgan fingerprint density at radius 1 is 1.27 bits per heavy atom. The summed E-state index contributed by atoms with van der Waals surface area (Å²) >= 11 is 0. The summed E-state index contributed by atoms with van der Waals surface area (Å²) < 4.78 is 5.28. The van der Waals surface area contributed by atoms with Crippen molar-refractivity contribution in [2.75, 3.05) is 32.8 Å². The highest BCUT2D eigenvalue weighted by Crippen LogP contribution is 2.21. The Bertz CT molecular complexity index is 348. The third-order valence-corrected chi connectivity index (χ3v) is 4.85. The Kier molecular flexibility index (Phi) is 6.66. The molecule has 5 nitrogen and oxygen atoms in total. The molecule has 2 aliphatic heterocycles. The van der Waals surface area contributed by atoms with Gasteiger partial charge in [0.05, 0.1) is 0 Å². The number of likely N-dealkylation sites (tertiary alicyclic amines) is 1. The molecule has 5 heteroatoms. The Morgan fingerprint density at radius 2 is 1.86 bits per heavy atom. The van der Waals surface area contributed by atoms with Crippen molar-refractivity contribution in [1.82, 2.24) is 10.2 Å². The van der Waals surface area contributed by atoms with Gasteiger partial charge in [-0.05, 0) is 43.9 Å². The summed E-state index contributed by atoms with van der Waals surface area (Å²) in [5, 5.41) is 13.2. The molecule has 22 heavy (non-hydrogen) atoms. The number of carbonyl (C=O) groups is 1. The summed E-state index contributed by atoms with van der Waals surface area (Å²) in [4.78, 5) is 14.6. The Morgan fingerprint density at radius 3 is 2.45 bits per heavy atom. The molecular weight excluding hydrogens is 280 g/mol. The maximum atomic E-state index is 12.2. The first-order valence-electron chi connectivity index (χ1n) is 8.74. The molecule has 128 valence electrons. The van der Waals surface area contributed by atoms with Crippen LogP contribution in [-0.4, -0.2) is 60.9 Å². The minimum Gasteiger partial charge on any atom is -0.383 e. The van der Waals surface area contributed by atoms with E-state index in [1.165, 1.54) is 6.42 Å². The second kappa shape index (κ2) is 8.27. The molecule has 0 aromatic carbocycles. The third kappa shape index (κ3) is 5.21. The van der Waals surface area contributed by atoms with Crippen molar-refractivity contribution in [3.63, 3.8) is 0 Å². The average molecular weight is 312 g/mol. The Labute approximate surface area is 134 Å². The smallest absolute Gasteiger partial charge is 0.249 e. The van der Waals surface area contributed by atoms with Gasteiger partial charge in [0.1, 0.15) is 6.10 Å². The number of rotatable bonds is 5. The molecule has 0 spiro atoms. The zero-order valence-electron chi connectivity index (χ0n) is 14.3. The van der Waals surface area contributed by atoms with Crippen LogP contribution in [0.15, 0.2) is 0 Å². The minimum absolute atomic E-state index is 0.0379. The van der Waals surface area contributed by atoms with E-state index < -0.39 is 6.10 Å². The van der Waals surface area contributed by atoms with Gasteiger partial charge in [0.25, 0.3) is 0 Å². The van der Waals surface area contributed by atoms with Gasteiger partial charge in [0, 0.05) is 38.9 Å².